The SMILES string of the molecule is CC(C)CC(CC(=O)O)C(=O)NC(c1ncc[nH]1)C(C)C. The molecule has 0 fully saturated rings. The van der Waals surface area contributed by atoms with E-state index in [4.69, 9.17) is 5.11 Å². The molecule has 1 aromatic rings. The molecule has 0 aromatic carbocycles. The van der Waals surface area contributed by atoms with Crippen LogP contribution in [0, 0.1) is 17.8 Å². The minimum absolute atomic E-state index is 0.146. The molecule has 0 saturated carbocycles. The second kappa shape index (κ2) is 7.81. The van der Waals surface area contributed by atoms with Crippen LogP contribution < -0.4 is 5.32 Å². The standard InChI is InChI=1S/C15H25N3O3/c1-9(2)7-11(8-12(19)20)15(21)18-13(10(3)4)14-16-5-6-17-14/h5-6,9-11,13H,7-8H2,1-4H3,(H,16,17)(H,18,21)(H,19,20). The summed E-state index contributed by atoms with van der Waals surface area (Å²) < 4.78 is 0. The zero-order valence-corrected chi connectivity index (χ0v) is 13.1. The maximum absolute atomic E-state index is 12.4. The molecule has 0 spiro atoms. The second-order valence-corrected chi connectivity index (χ2v) is 6.13. The van der Waals surface area contributed by atoms with Gasteiger partial charge in [-0.3, -0.25) is 9.59 Å². The van der Waals surface area contributed by atoms with Crippen molar-refractivity contribution in [3.05, 3.63) is 18.2 Å². The van der Waals surface area contributed by atoms with E-state index in [-0.39, 0.29) is 30.2 Å². The van der Waals surface area contributed by atoms with Crippen molar-refractivity contribution < 1.29 is 14.7 Å². The van der Waals surface area contributed by atoms with Gasteiger partial charge in [-0.15, -0.1) is 0 Å². The van der Waals surface area contributed by atoms with E-state index in [2.05, 4.69) is 15.3 Å². The van der Waals surface area contributed by atoms with Crippen LogP contribution in [0.4, 0.5) is 0 Å². The van der Waals surface area contributed by atoms with Crippen LogP contribution >= 0.6 is 0 Å². The van der Waals surface area contributed by atoms with E-state index in [0.717, 1.165) is 0 Å². The fourth-order valence-electron chi connectivity index (χ4n) is 2.33. The van der Waals surface area contributed by atoms with Crippen molar-refractivity contribution in [2.75, 3.05) is 0 Å². The van der Waals surface area contributed by atoms with Gasteiger partial charge in [0.25, 0.3) is 0 Å². The van der Waals surface area contributed by atoms with Crippen LogP contribution in [0.25, 0.3) is 0 Å². The van der Waals surface area contributed by atoms with Crippen LogP contribution in [0.5, 0.6) is 0 Å². The summed E-state index contributed by atoms with van der Waals surface area (Å²) in [5.41, 5.74) is 0. The van der Waals surface area contributed by atoms with Gasteiger partial charge in [0.15, 0.2) is 0 Å². The summed E-state index contributed by atoms with van der Waals surface area (Å²) in [5, 5.41) is 11.9. The highest BCUT2D eigenvalue weighted by atomic mass is 16.4. The number of rotatable bonds is 8. The molecule has 118 valence electrons. The molecule has 0 radical (unpaired) electrons. The van der Waals surface area contributed by atoms with Crippen molar-refractivity contribution in [1.82, 2.24) is 15.3 Å². The molecule has 0 aliphatic rings. The van der Waals surface area contributed by atoms with E-state index < -0.39 is 11.9 Å². The van der Waals surface area contributed by atoms with Crippen molar-refractivity contribution in [1.29, 1.82) is 0 Å². The number of nitrogens with one attached hydrogen (secondary N) is 2. The lowest BCUT2D eigenvalue weighted by molar-refractivity contribution is -0.141. The molecule has 1 rings (SSSR count). The molecule has 1 aromatic heterocycles. The lowest BCUT2D eigenvalue weighted by Gasteiger charge is -2.24. The number of nitrogens with zero attached hydrogens (tertiary/aromatic N) is 1. The Labute approximate surface area is 125 Å². The van der Waals surface area contributed by atoms with Gasteiger partial charge in [0.1, 0.15) is 5.82 Å². The van der Waals surface area contributed by atoms with Gasteiger partial charge in [0.05, 0.1) is 12.5 Å². The first-order valence-electron chi connectivity index (χ1n) is 7.32. The highest BCUT2D eigenvalue weighted by Crippen LogP contribution is 2.21. The molecular formula is C15H25N3O3. The van der Waals surface area contributed by atoms with Crippen molar-refractivity contribution in [2.24, 2.45) is 17.8 Å². The molecule has 0 aliphatic heterocycles. The van der Waals surface area contributed by atoms with Gasteiger partial charge >= 0.3 is 5.97 Å². The average Bonchev–Trinajstić information content (AvgIpc) is 2.86. The Morgan fingerprint density at radius 1 is 1.33 bits per heavy atom. The molecule has 2 unspecified atom stereocenters. The molecule has 21 heavy (non-hydrogen) atoms. The molecule has 1 heterocycles. The zero-order valence-electron chi connectivity index (χ0n) is 13.1. The Morgan fingerprint density at radius 3 is 2.43 bits per heavy atom. The van der Waals surface area contributed by atoms with Crippen LogP contribution in [0.15, 0.2) is 12.4 Å². The van der Waals surface area contributed by atoms with Gasteiger partial charge in [-0.25, -0.2) is 4.98 Å². The molecule has 0 aliphatic carbocycles. The highest BCUT2D eigenvalue weighted by Gasteiger charge is 2.27. The molecule has 6 nitrogen and oxygen atoms in total. The van der Waals surface area contributed by atoms with Gasteiger partial charge in [0.2, 0.25) is 5.91 Å². The van der Waals surface area contributed by atoms with Crippen LogP contribution in [0.2, 0.25) is 0 Å². The number of hydrogen-bond acceptors (Lipinski definition) is 3. The fraction of sp³-hybridized carbons (Fsp3) is 0.667. The Bertz CT molecular complexity index is 455. The van der Waals surface area contributed by atoms with Crippen LogP contribution in [0.1, 0.15) is 52.4 Å². The summed E-state index contributed by atoms with van der Waals surface area (Å²) in [7, 11) is 0. The van der Waals surface area contributed by atoms with Gasteiger partial charge in [-0.1, -0.05) is 27.7 Å². The number of aromatic nitrogens is 2. The molecule has 1 amide bonds. The quantitative estimate of drug-likeness (QED) is 0.686. The minimum atomic E-state index is -0.949. The largest absolute Gasteiger partial charge is 0.481 e. The number of aromatic amines is 1. The second-order valence-electron chi connectivity index (χ2n) is 6.13. The summed E-state index contributed by atoms with van der Waals surface area (Å²) >= 11 is 0. The average molecular weight is 295 g/mol. The fourth-order valence-corrected chi connectivity index (χ4v) is 2.33. The Kier molecular flexibility index (Phi) is 6.39. The number of carboxylic acid groups (broad SMARTS) is 1. The number of H-pyrrole nitrogens is 1. The van der Waals surface area contributed by atoms with Crippen molar-refractivity contribution in [3.8, 4) is 0 Å². The molecular weight excluding hydrogens is 270 g/mol. The van der Waals surface area contributed by atoms with E-state index in [0.29, 0.717) is 12.2 Å². The molecule has 2 atom stereocenters. The monoisotopic (exact) mass is 295 g/mol. The predicted molar refractivity (Wildman–Crippen MR) is 79.5 cm³/mol. The van der Waals surface area contributed by atoms with Crippen molar-refractivity contribution >= 4 is 11.9 Å². The molecule has 3 N–H and O–H groups in total. The third kappa shape index (κ3) is 5.57. The lowest BCUT2D eigenvalue weighted by atomic mass is 9.92. The summed E-state index contributed by atoms with van der Waals surface area (Å²) in [6, 6.07) is -0.240. The maximum atomic E-state index is 12.4. The van der Waals surface area contributed by atoms with Crippen molar-refractivity contribution in [2.45, 2.75) is 46.6 Å². The van der Waals surface area contributed by atoms with Gasteiger partial charge in [0, 0.05) is 18.3 Å². The minimum Gasteiger partial charge on any atom is -0.481 e. The Hall–Kier alpha value is -1.85. The van der Waals surface area contributed by atoms with Crippen LogP contribution in [0.3, 0.4) is 0 Å². The van der Waals surface area contributed by atoms with E-state index in [9.17, 15) is 9.59 Å². The highest BCUT2D eigenvalue weighted by molar-refractivity contribution is 5.83. The topological polar surface area (TPSA) is 95.1 Å². The number of amides is 1. The lowest BCUT2D eigenvalue weighted by Crippen LogP contribution is -2.38. The summed E-state index contributed by atoms with van der Waals surface area (Å²) in [5.74, 6) is -0.572. The van der Waals surface area contributed by atoms with Crippen molar-refractivity contribution in [3.63, 3.8) is 0 Å². The Balaban J connectivity index is 2.80. The first-order valence-corrected chi connectivity index (χ1v) is 7.32. The van der Waals surface area contributed by atoms with E-state index in [1.54, 1.807) is 12.4 Å². The molecule has 0 saturated heterocycles. The normalized spacial score (nSPS) is 14.2. The number of carbonyl (C=O) groups is 2. The van der Waals surface area contributed by atoms with Gasteiger partial charge in [-0.05, 0) is 18.3 Å². The first-order chi connectivity index (χ1) is 9.81. The zero-order chi connectivity index (χ0) is 16.0. The first kappa shape index (κ1) is 17.2. The Morgan fingerprint density at radius 2 is 2.00 bits per heavy atom. The van der Waals surface area contributed by atoms with E-state index in [1.807, 2.05) is 27.7 Å². The van der Waals surface area contributed by atoms with E-state index in [1.165, 1.54) is 0 Å². The molecule has 6 heteroatoms. The number of hydrogen-bond donors (Lipinski definition) is 3. The summed E-state index contributed by atoms with van der Waals surface area (Å²) in [6.07, 6.45) is 3.76. The van der Waals surface area contributed by atoms with Gasteiger partial charge in [-0.2, -0.15) is 0 Å². The van der Waals surface area contributed by atoms with Crippen LogP contribution in [-0.2, 0) is 9.59 Å². The smallest absolute Gasteiger partial charge is 0.304 e. The molecule has 0 bridgehead atoms. The van der Waals surface area contributed by atoms with E-state index >= 15 is 0 Å². The van der Waals surface area contributed by atoms with Crippen LogP contribution in [-0.4, -0.2) is 27.0 Å². The predicted octanol–water partition coefficient (Wildman–Crippen LogP) is 2.36. The third-order valence-electron chi connectivity index (χ3n) is 3.33. The summed E-state index contributed by atoms with van der Waals surface area (Å²) in [6.45, 7) is 7.94. The third-order valence-corrected chi connectivity index (χ3v) is 3.33. The van der Waals surface area contributed by atoms with Gasteiger partial charge < -0.3 is 15.4 Å². The number of carboxylic acids is 1. The number of aliphatic carboxylic acids is 1. The number of carbonyl (C=O) groups excluding carboxylic acids is 1. The maximum Gasteiger partial charge on any atom is 0.304 e. The summed E-state index contributed by atoms with van der Waals surface area (Å²) in [4.78, 5) is 30.5. The number of imidazole rings is 1.